The Bertz CT molecular complexity index is 3600. The molecule has 0 N–H and O–H groups in total. The second kappa shape index (κ2) is 13.9. The van der Waals surface area contributed by atoms with Gasteiger partial charge in [-0.1, -0.05) is 140 Å². The first kappa shape index (κ1) is 34.7. The van der Waals surface area contributed by atoms with Crippen LogP contribution >= 0.6 is 11.3 Å². The van der Waals surface area contributed by atoms with Crippen molar-refractivity contribution >= 4 is 92.5 Å². The molecule has 60 heavy (non-hydrogen) atoms. The fourth-order valence-corrected chi connectivity index (χ4v) is 10.5. The number of thiophene rings is 1. The summed E-state index contributed by atoms with van der Waals surface area (Å²) in [4.78, 5) is 11.4. The van der Waals surface area contributed by atoms with Gasteiger partial charge in [0.2, 0.25) is 5.96 Å². The predicted octanol–water partition coefficient (Wildman–Crippen LogP) is 14.8. The lowest BCUT2D eigenvalue weighted by molar-refractivity contribution is 0.998. The number of aromatic nitrogens is 2. The summed E-state index contributed by atoms with van der Waals surface area (Å²) < 4.78 is 7.32. The summed E-state index contributed by atoms with van der Waals surface area (Å²) in [6.45, 7) is 2.25. The monoisotopic (exact) mass is 786 g/mol. The van der Waals surface area contributed by atoms with E-state index >= 15 is 0 Å². The van der Waals surface area contributed by atoms with Gasteiger partial charge in [-0.15, -0.1) is 11.3 Å². The molecule has 0 spiro atoms. The van der Waals surface area contributed by atoms with Crippen LogP contribution in [-0.4, -0.2) is 20.8 Å². The Morgan fingerprint density at radius 3 is 1.92 bits per heavy atom. The lowest BCUT2D eigenvalue weighted by Gasteiger charge is -2.18. The van der Waals surface area contributed by atoms with Gasteiger partial charge in [0.25, 0.3) is 0 Å². The first-order valence-electron chi connectivity index (χ1n) is 20.6. The highest BCUT2D eigenvalue weighted by atomic mass is 32.1. The van der Waals surface area contributed by atoms with Crippen LogP contribution in [0.1, 0.15) is 30.9 Å². The van der Waals surface area contributed by atoms with Crippen LogP contribution < -0.4 is 0 Å². The standard InChI is InChI=1S/C55H38N4S/c1-35-27-31-46(38-28-29-43-42-22-10-13-26-50(42)60-51(43)34-38)56-55(57-53(35)39-18-14-17-37(33-39)36-15-4-2-5-16-36)59-48-25-12-9-23-45(48)52-49(59)32-30-44-41-21-8-11-24-47(41)58(54(44)52)40-19-6-3-7-20-40/h2-26,28-30,32-34H,27,31H2,1H3/b53-35-,56-46?,57-55?. The van der Waals surface area contributed by atoms with Gasteiger partial charge in [0.1, 0.15) is 0 Å². The predicted molar refractivity (Wildman–Crippen MR) is 256 cm³/mol. The molecular formula is C55H38N4S. The fourth-order valence-electron chi connectivity index (χ4n) is 9.39. The number of nitrogens with zero attached hydrogens (tertiary/aromatic N) is 4. The molecule has 0 aliphatic carbocycles. The zero-order chi connectivity index (χ0) is 39.7. The molecule has 0 unspecified atom stereocenters. The van der Waals surface area contributed by atoms with Gasteiger partial charge < -0.3 is 4.57 Å². The summed E-state index contributed by atoms with van der Waals surface area (Å²) in [5, 5.41) is 7.39. The highest BCUT2D eigenvalue weighted by Crippen LogP contribution is 2.42. The van der Waals surface area contributed by atoms with Crippen LogP contribution in [0, 0.1) is 0 Å². The summed E-state index contributed by atoms with van der Waals surface area (Å²) >= 11 is 1.85. The Morgan fingerprint density at radius 1 is 0.433 bits per heavy atom. The molecule has 0 fully saturated rings. The van der Waals surface area contributed by atoms with Crippen molar-refractivity contribution in [3.63, 3.8) is 0 Å². The molecular weight excluding hydrogens is 749 g/mol. The Kier molecular flexibility index (Phi) is 8.03. The fraction of sp³-hybridized carbons (Fsp3) is 0.0545. The first-order chi connectivity index (χ1) is 29.7. The number of para-hydroxylation sites is 3. The zero-order valence-corrected chi connectivity index (χ0v) is 33.8. The molecule has 4 heterocycles. The molecule has 0 amide bonds. The Labute approximate surface area is 351 Å². The van der Waals surface area contributed by atoms with Crippen molar-refractivity contribution in [3.8, 4) is 16.8 Å². The highest BCUT2D eigenvalue weighted by Gasteiger charge is 2.24. The van der Waals surface area contributed by atoms with Gasteiger partial charge in [-0.3, -0.25) is 4.57 Å². The van der Waals surface area contributed by atoms with Gasteiger partial charge in [0.15, 0.2) is 0 Å². The van der Waals surface area contributed by atoms with Crippen molar-refractivity contribution in [2.45, 2.75) is 19.8 Å². The molecule has 5 heteroatoms. The molecule has 1 aliphatic heterocycles. The number of hydrogen-bond acceptors (Lipinski definition) is 3. The molecule has 1 aliphatic rings. The molecule has 4 nitrogen and oxygen atoms in total. The summed E-state index contributed by atoms with van der Waals surface area (Å²) in [6, 6.07) is 67.9. The van der Waals surface area contributed by atoms with Crippen molar-refractivity contribution in [1.29, 1.82) is 0 Å². The quantitative estimate of drug-likeness (QED) is 0.170. The van der Waals surface area contributed by atoms with Crippen LogP contribution in [0.2, 0.25) is 0 Å². The number of rotatable bonds is 4. The van der Waals surface area contributed by atoms with Crippen LogP contribution in [0.15, 0.2) is 204 Å². The van der Waals surface area contributed by atoms with Crippen molar-refractivity contribution in [1.82, 2.24) is 9.13 Å². The van der Waals surface area contributed by atoms with E-state index in [0.717, 1.165) is 52.1 Å². The van der Waals surface area contributed by atoms with E-state index < -0.39 is 0 Å². The van der Waals surface area contributed by atoms with Crippen molar-refractivity contribution in [2.75, 3.05) is 0 Å². The van der Waals surface area contributed by atoms with Gasteiger partial charge in [-0.2, -0.15) is 0 Å². The molecule has 0 saturated carbocycles. The maximum absolute atomic E-state index is 5.71. The minimum atomic E-state index is 0.661. The van der Waals surface area contributed by atoms with E-state index in [4.69, 9.17) is 9.98 Å². The van der Waals surface area contributed by atoms with Crippen molar-refractivity contribution < 1.29 is 0 Å². The van der Waals surface area contributed by atoms with E-state index in [9.17, 15) is 0 Å². The smallest absolute Gasteiger partial charge is 0.235 e. The van der Waals surface area contributed by atoms with Crippen LogP contribution in [0.4, 0.5) is 0 Å². The maximum atomic E-state index is 5.71. The van der Waals surface area contributed by atoms with E-state index in [1.54, 1.807) is 0 Å². The molecule has 3 aromatic heterocycles. The molecule has 0 bridgehead atoms. The molecule has 284 valence electrons. The highest BCUT2D eigenvalue weighted by molar-refractivity contribution is 7.25. The van der Waals surface area contributed by atoms with E-state index in [-0.39, 0.29) is 0 Å². The number of benzene rings is 8. The van der Waals surface area contributed by atoms with Crippen LogP contribution in [-0.2, 0) is 0 Å². The second-order valence-corrected chi connectivity index (χ2v) is 16.8. The Morgan fingerprint density at radius 2 is 1.08 bits per heavy atom. The lowest BCUT2D eigenvalue weighted by atomic mass is 9.96. The van der Waals surface area contributed by atoms with Gasteiger partial charge in [-0.05, 0) is 90.6 Å². The first-order valence-corrected chi connectivity index (χ1v) is 21.4. The largest absolute Gasteiger partial charge is 0.309 e. The number of allylic oxidation sites excluding steroid dienone is 1. The van der Waals surface area contributed by atoms with Crippen molar-refractivity contribution in [2.24, 2.45) is 9.98 Å². The molecule has 0 atom stereocenters. The number of fused-ring (bicyclic) bond motifs is 10. The lowest BCUT2D eigenvalue weighted by Crippen LogP contribution is -2.16. The average Bonchev–Trinajstić information content (AvgIpc) is 3.96. The van der Waals surface area contributed by atoms with Crippen LogP contribution in [0.5, 0.6) is 0 Å². The Hall–Kier alpha value is -7.34. The SMILES string of the molecule is C/C1=C(\c2cccc(-c3ccccc3)c2)N=C(n2c3ccccc3c3c2ccc2c4ccccc4n(-c4ccccc4)c23)N=C(c2ccc3c(c2)sc2ccccc23)CC1. The summed E-state index contributed by atoms with van der Waals surface area (Å²) in [5.41, 5.74) is 13.5. The van der Waals surface area contributed by atoms with Gasteiger partial charge in [0, 0.05) is 53.0 Å². The molecule has 0 saturated heterocycles. The normalized spacial score (nSPS) is 14.9. The van der Waals surface area contributed by atoms with Gasteiger partial charge in [-0.25, -0.2) is 9.98 Å². The number of aliphatic imine (C=N–C) groups is 2. The molecule has 0 radical (unpaired) electrons. The van der Waals surface area contributed by atoms with E-state index in [2.05, 4.69) is 204 Å². The number of hydrogen-bond donors (Lipinski definition) is 0. The molecule has 12 rings (SSSR count). The summed E-state index contributed by atoms with van der Waals surface area (Å²) in [7, 11) is 0. The van der Waals surface area contributed by atoms with E-state index in [0.29, 0.717) is 5.96 Å². The van der Waals surface area contributed by atoms with E-state index in [1.807, 2.05) is 11.3 Å². The molecule has 8 aromatic carbocycles. The van der Waals surface area contributed by atoms with Gasteiger partial charge >= 0.3 is 0 Å². The van der Waals surface area contributed by atoms with Crippen LogP contribution in [0.3, 0.4) is 0 Å². The average molecular weight is 787 g/mol. The topological polar surface area (TPSA) is 34.6 Å². The van der Waals surface area contributed by atoms with Gasteiger partial charge in [0.05, 0.1) is 33.5 Å². The molecule has 11 aromatic rings. The zero-order valence-electron chi connectivity index (χ0n) is 33.0. The third kappa shape index (κ3) is 5.50. The van der Waals surface area contributed by atoms with Crippen LogP contribution in [0.25, 0.3) is 86.3 Å². The summed E-state index contributed by atoms with van der Waals surface area (Å²) in [5.74, 6) is 0.661. The van der Waals surface area contributed by atoms with Crippen molar-refractivity contribution in [3.05, 3.63) is 205 Å². The maximum Gasteiger partial charge on any atom is 0.235 e. The minimum absolute atomic E-state index is 0.661. The third-order valence-corrected chi connectivity index (χ3v) is 13.4. The summed E-state index contributed by atoms with van der Waals surface area (Å²) in [6.07, 6.45) is 1.63. The Balaban J connectivity index is 1.15. The van der Waals surface area contributed by atoms with E-state index in [1.165, 1.54) is 69.5 Å². The minimum Gasteiger partial charge on any atom is -0.309 e. The third-order valence-electron chi connectivity index (χ3n) is 12.2. The second-order valence-electron chi connectivity index (χ2n) is 15.8.